The highest BCUT2D eigenvalue weighted by atomic mass is 16.2. The summed E-state index contributed by atoms with van der Waals surface area (Å²) in [5.74, 6) is -3.19. The van der Waals surface area contributed by atoms with E-state index in [1.165, 1.54) is 4.90 Å². The lowest BCUT2D eigenvalue weighted by Gasteiger charge is -2.38. The maximum atomic E-state index is 14.3. The summed E-state index contributed by atoms with van der Waals surface area (Å²) in [4.78, 5) is 81.3. The third-order valence-corrected chi connectivity index (χ3v) is 10.8. The SMILES string of the molecule is CC(C)(C)[C@H](NC(=O)N[C@H](C(=O)c1ccccc1)C1CCCCC1)C(=O)N1C[C@H]2[C@@H]([C@H]1C(=O)NC(C(=O)C(N)=O)C1CC1)C2(C)C. The Morgan fingerprint density at radius 2 is 1.46 bits per heavy atom. The number of primary amides is 1. The van der Waals surface area contributed by atoms with E-state index in [4.69, 9.17) is 5.73 Å². The number of Topliss-reactive ketones (excluding diaryl/α,β-unsaturated/α-hetero) is 2. The van der Waals surface area contributed by atoms with Crippen LogP contribution in [-0.2, 0) is 19.2 Å². The fourth-order valence-corrected chi connectivity index (χ4v) is 7.81. The summed E-state index contributed by atoms with van der Waals surface area (Å²) in [7, 11) is 0. The Hall–Kier alpha value is -3.76. The van der Waals surface area contributed by atoms with Gasteiger partial charge < -0.3 is 26.6 Å². The van der Waals surface area contributed by atoms with Crippen molar-refractivity contribution in [1.29, 1.82) is 0 Å². The molecule has 11 heteroatoms. The van der Waals surface area contributed by atoms with Crippen molar-refractivity contribution in [3.8, 4) is 0 Å². The molecule has 1 heterocycles. The van der Waals surface area contributed by atoms with Crippen LogP contribution in [0, 0.1) is 34.5 Å². The number of carbonyl (C=O) groups is 6. The highest BCUT2D eigenvalue weighted by molar-refractivity contribution is 6.38. The highest BCUT2D eigenvalue weighted by Gasteiger charge is 2.70. The number of fused-ring (bicyclic) bond motifs is 1. The molecule has 0 radical (unpaired) electrons. The molecule has 1 saturated heterocycles. The minimum absolute atomic E-state index is 0.0143. The van der Waals surface area contributed by atoms with E-state index in [2.05, 4.69) is 29.8 Å². The second-order valence-electron chi connectivity index (χ2n) is 15.5. The van der Waals surface area contributed by atoms with Crippen LogP contribution in [0.5, 0.6) is 0 Å². The van der Waals surface area contributed by atoms with Crippen molar-refractivity contribution < 1.29 is 28.8 Å². The molecule has 1 unspecified atom stereocenters. The zero-order valence-electron chi connectivity index (χ0n) is 27.6. The molecule has 4 fully saturated rings. The standard InChI is InChI=1S/C35H49N5O6/c1-34(2,3)29(39-33(46)38-24(19-12-8-6-9-13-19)27(41)21-14-10-7-11-15-21)32(45)40-18-22-23(35(22,4)5)26(40)31(44)37-25(20-16-17-20)28(42)30(36)43/h7,10-11,14-15,19-20,22-26,29H,6,8-9,12-13,16-18H2,1-5H3,(H2,36,43)(H,37,44)(H2,38,39,46)/t22-,23-,24-,25?,26-,29+/m0/s1. The van der Waals surface area contributed by atoms with Crippen molar-refractivity contribution >= 4 is 35.3 Å². The molecule has 6 atom stereocenters. The summed E-state index contributed by atoms with van der Waals surface area (Å²) < 4.78 is 0. The minimum Gasteiger partial charge on any atom is -0.363 e. The van der Waals surface area contributed by atoms with Crippen LogP contribution in [0.15, 0.2) is 30.3 Å². The van der Waals surface area contributed by atoms with Gasteiger partial charge in [-0.05, 0) is 60.2 Å². The Balaban J connectivity index is 1.35. The molecule has 0 aromatic heterocycles. The molecule has 250 valence electrons. The molecule has 1 aliphatic heterocycles. The molecule has 0 bridgehead atoms. The Morgan fingerprint density at radius 1 is 0.848 bits per heavy atom. The van der Waals surface area contributed by atoms with Crippen molar-refractivity contribution in [2.75, 3.05) is 6.54 Å². The van der Waals surface area contributed by atoms with Gasteiger partial charge in [0, 0.05) is 12.1 Å². The third-order valence-electron chi connectivity index (χ3n) is 10.8. The number of hydrogen-bond acceptors (Lipinski definition) is 6. The van der Waals surface area contributed by atoms with Crippen LogP contribution in [0.1, 0.15) is 89.9 Å². The number of carbonyl (C=O) groups excluding carboxylic acids is 6. The second-order valence-corrected chi connectivity index (χ2v) is 15.5. The van der Waals surface area contributed by atoms with Gasteiger partial charge in [0.05, 0.1) is 6.04 Å². The molecule has 46 heavy (non-hydrogen) atoms. The van der Waals surface area contributed by atoms with E-state index in [1.807, 2.05) is 26.8 Å². The summed E-state index contributed by atoms with van der Waals surface area (Å²) in [6.45, 7) is 9.97. The number of urea groups is 1. The molecule has 3 saturated carbocycles. The van der Waals surface area contributed by atoms with Crippen LogP contribution in [0.4, 0.5) is 4.79 Å². The predicted molar refractivity (Wildman–Crippen MR) is 171 cm³/mol. The third kappa shape index (κ3) is 6.83. The van der Waals surface area contributed by atoms with Crippen LogP contribution in [0.3, 0.4) is 0 Å². The molecule has 5 rings (SSSR count). The molecule has 11 nitrogen and oxygen atoms in total. The first-order chi connectivity index (χ1) is 21.6. The number of hydrogen-bond donors (Lipinski definition) is 4. The summed E-state index contributed by atoms with van der Waals surface area (Å²) in [5.41, 5.74) is 4.88. The van der Waals surface area contributed by atoms with Crippen LogP contribution in [-0.4, -0.2) is 70.9 Å². The largest absolute Gasteiger partial charge is 0.363 e. The molecule has 4 aliphatic rings. The van der Waals surface area contributed by atoms with Crippen molar-refractivity contribution in [1.82, 2.24) is 20.9 Å². The summed E-state index contributed by atoms with van der Waals surface area (Å²) in [6.07, 6.45) is 6.13. The monoisotopic (exact) mass is 635 g/mol. The Labute approximate surface area is 271 Å². The molecular formula is C35H49N5O6. The second kappa shape index (κ2) is 12.8. The Bertz CT molecular complexity index is 1380. The fraction of sp³-hybridized carbons (Fsp3) is 0.657. The maximum Gasteiger partial charge on any atom is 0.316 e. The zero-order chi connectivity index (χ0) is 33.6. The predicted octanol–water partition coefficient (Wildman–Crippen LogP) is 2.96. The van der Waals surface area contributed by atoms with Crippen LogP contribution < -0.4 is 21.7 Å². The number of rotatable bonds is 11. The van der Waals surface area contributed by atoms with E-state index < -0.39 is 59.1 Å². The number of piperidine rings is 1. The van der Waals surface area contributed by atoms with Crippen LogP contribution in [0.25, 0.3) is 0 Å². The number of nitrogens with two attached hydrogens (primary N) is 1. The number of nitrogens with one attached hydrogen (secondary N) is 3. The quantitative estimate of drug-likeness (QED) is 0.215. The average molecular weight is 636 g/mol. The first-order valence-corrected chi connectivity index (χ1v) is 16.7. The van der Waals surface area contributed by atoms with Crippen molar-refractivity contribution in [3.63, 3.8) is 0 Å². The molecular weight excluding hydrogens is 586 g/mol. The fourth-order valence-electron chi connectivity index (χ4n) is 7.81. The van der Waals surface area contributed by atoms with Gasteiger partial charge in [0.15, 0.2) is 5.78 Å². The van der Waals surface area contributed by atoms with E-state index in [9.17, 15) is 28.8 Å². The normalized spacial score (nSPS) is 25.8. The highest BCUT2D eigenvalue weighted by Crippen LogP contribution is 2.65. The van der Waals surface area contributed by atoms with Crippen LogP contribution >= 0.6 is 0 Å². The first kappa shape index (κ1) is 33.6. The molecule has 3 aliphatic carbocycles. The van der Waals surface area contributed by atoms with Gasteiger partial charge in [0.1, 0.15) is 18.1 Å². The van der Waals surface area contributed by atoms with Gasteiger partial charge in [-0.15, -0.1) is 0 Å². The summed E-state index contributed by atoms with van der Waals surface area (Å²) >= 11 is 0. The van der Waals surface area contributed by atoms with Gasteiger partial charge >= 0.3 is 6.03 Å². The first-order valence-electron chi connectivity index (χ1n) is 16.7. The number of benzene rings is 1. The lowest BCUT2D eigenvalue weighted by Crippen LogP contribution is -2.62. The average Bonchev–Trinajstić information content (AvgIpc) is 3.89. The smallest absolute Gasteiger partial charge is 0.316 e. The van der Waals surface area contributed by atoms with Crippen molar-refractivity contribution in [2.24, 2.45) is 40.2 Å². The maximum absolute atomic E-state index is 14.3. The zero-order valence-corrected chi connectivity index (χ0v) is 27.6. The molecule has 1 aromatic rings. The van der Waals surface area contributed by atoms with E-state index in [-0.39, 0.29) is 34.9 Å². The van der Waals surface area contributed by atoms with Gasteiger partial charge in [-0.2, -0.15) is 0 Å². The summed E-state index contributed by atoms with van der Waals surface area (Å²) in [6, 6.07) is 4.70. The topological polar surface area (TPSA) is 168 Å². The van der Waals surface area contributed by atoms with E-state index in [0.29, 0.717) is 24.9 Å². The van der Waals surface area contributed by atoms with Gasteiger partial charge in [0.2, 0.25) is 17.6 Å². The molecule has 1 aromatic carbocycles. The van der Waals surface area contributed by atoms with E-state index in [0.717, 1.165) is 32.1 Å². The minimum atomic E-state index is -1.10. The van der Waals surface area contributed by atoms with Gasteiger partial charge in [0.25, 0.3) is 5.91 Å². The lowest BCUT2D eigenvalue weighted by molar-refractivity contribution is -0.145. The Kier molecular flexibility index (Phi) is 9.35. The molecule has 5 N–H and O–H groups in total. The number of nitrogens with zero attached hydrogens (tertiary/aromatic N) is 1. The van der Waals surface area contributed by atoms with Crippen LogP contribution in [0.2, 0.25) is 0 Å². The molecule has 0 spiro atoms. The van der Waals surface area contributed by atoms with Crippen molar-refractivity contribution in [2.45, 2.75) is 104 Å². The van der Waals surface area contributed by atoms with Gasteiger partial charge in [-0.3, -0.25) is 24.0 Å². The van der Waals surface area contributed by atoms with E-state index >= 15 is 0 Å². The number of likely N-dealkylation sites (tertiary alicyclic amines) is 1. The summed E-state index contributed by atoms with van der Waals surface area (Å²) in [5, 5.41) is 8.59. The number of ketones is 2. The van der Waals surface area contributed by atoms with Gasteiger partial charge in [-0.1, -0.05) is 84.2 Å². The molecule has 5 amide bonds. The van der Waals surface area contributed by atoms with Gasteiger partial charge in [-0.25, -0.2) is 4.79 Å². The van der Waals surface area contributed by atoms with E-state index in [1.54, 1.807) is 24.3 Å². The Morgan fingerprint density at radius 3 is 2.02 bits per heavy atom. The lowest BCUT2D eigenvalue weighted by atomic mass is 9.81. The van der Waals surface area contributed by atoms with Crippen molar-refractivity contribution in [3.05, 3.63) is 35.9 Å². The number of amides is 5.